The van der Waals surface area contributed by atoms with Gasteiger partial charge in [0, 0.05) is 29.2 Å². The number of methoxy groups -OCH3 is 1. The van der Waals surface area contributed by atoms with E-state index in [2.05, 4.69) is 23.5 Å². The molecule has 19 heavy (non-hydrogen) atoms. The third-order valence-corrected chi connectivity index (χ3v) is 3.55. The summed E-state index contributed by atoms with van der Waals surface area (Å²) < 4.78 is 5.23. The number of hydrogen-bond acceptors (Lipinski definition) is 3. The number of benzene rings is 2. The Morgan fingerprint density at radius 3 is 2.68 bits per heavy atom. The van der Waals surface area contributed by atoms with Crippen molar-refractivity contribution in [2.24, 2.45) is 0 Å². The lowest BCUT2D eigenvalue weighted by atomic mass is 10.1. The van der Waals surface area contributed by atoms with E-state index in [9.17, 15) is 0 Å². The van der Waals surface area contributed by atoms with E-state index in [-0.39, 0.29) is 0 Å². The zero-order chi connectivity index (χ0) is 13.2. The largest absolute Gasteiger partial charge is 0.497 e. The predicted octanol–water partition coefficient (Wildman–Crippen LogP) is 3.51. The fraction of sp³-hybridized carbons (Fsp3) is 0.250. The van der Waals surface area contributed by atoms with Gasteiger partial charge in [-0.1, -0.05) is 6.07 Å². The molecule has 0 unspecified atom stereocenters. The van der Waals surface area contributed by atoms with Gasteiger partial charge in [-0.3, -0.25) is 0 Å². The minimum Gasteiger partial charge on any atom is -0.497 e. The van der Waals surface area contributed by atoms with Gasteiger partial charge in [0.05, 0.1) is 7.11 Å². The Kier molecular flexibility index (Phi) is 3.03. The molecule has 2 aromatic rings. The van der Waals surface area contributed by atoms with E-state index in [4.69, 9.17) is 10.5 Å². The van der Waals surface area contributed by atoms with Gasteiger partial charge < -0.3 is 15.8 Å². The van der Waals surface area contributed by atoms with Gasteiger partial charge >= 0.3 is 0 Å². The number of hydrogen-bond donors (Lipinski definition) is 2. The smallest absolute Gasteiger partial charge is 0.122 e. The van der Waals surface area contributed by atoms with Crippen LogP contribution in [0.1, 0.15) is 17.5 Å². The topological polar surface area (TPSA) is 47.3 Å². The van der Waals surface area contributed by atoms with Crippen molar-refractivity contribution in [2.75, 3.05) is 18.2 Å². The quantitative estimate of drug-likeness (QED) is 0.824. The van der Waals surface area contributed by atoms with Crippen molar-refractivity contribution in [3.63, 3.8) is 0 Å². The van der Waals surface area contributed by atoms with Crippen molar-refractivity contribution in [3.8, 4) is 5.75 Å². The van der Waals surface area contributed by atoms with Crippen LogP contribution in [0.2, 0.25) is 0 Å². The summed E-state index contributed by atoms with van der Waals surface area (Å²) in [5, 5.41) is 3.39. The van der Waals surface area contributed by atoms with Gasteiger partial charge in [-0.05, 0) is 48.6 Å². The molecule has 0 aromatic heterocycles. The minimum atomic E-state index is 0.697. The molecule has 1 aliphatic carbocycles. The molecular formula is C16H18N2O. The van der Waals surface area contributed by atoms with Crippen LogP contribution in [-0.4, -0.2) is 7.11 Å². The first kappa shape index (κ1) is 11.9. The highest BCUT2D eigenvalue weighted by Gasteiger charge is 2.10. The van der Waals surface area contributed by atoms with Gasteiger partial charge in [0.1, 0.15) is 5.75 Å². The predicted molar refractivity (Wildman–Crippen MR) is 79.2 cm³/mol. The normalized spacial score (nSPS) is 13.1. The van der Waals surface area contributed by atoms with Crippen molar-refractivity contribution in [1.29, 1.82) is 0 Å². The van der Waals surface area contributed by atoms with Crippen LogP contribution in [0.25, 0.3) is 0 Å². The number of aryl methyl sites for hydroxylation is 2. The van der Waals surface area contributed by atoms with E-state index in [1.54, 1.807) is 7.11 Å². The monoisotopic (exact) mass is 254 g/mol. The SMILES string of the molecule is COc1cc(N)cc(Nc2ccc3c(c2)CCC3)c1. The van der Waals surface area contributed by atoms with Gasteiger partial charge in [-0.15, -0.1) is 0 Å². The molecule has 0 spiro atoms. The van der Waals surface area contributed by atoms with Crippen LogP contribution in [0.3, 0.4) is 0 Å². The second-order valence-corrected chi connectivity index (χ2v) is 4.96. The second kappa shape index (κ2) is 4.84. The van der Waals surface area contributed by atoms with Crippen LogP contribution in [0, 0.1) is 0 Å². The molecule has 98 valence electrons. The van der Waals surface area contributed by atoms with Crippen LogP contribution < -0.4 is 15.8 Å². The maximum absolute atomic E-state index is 5.86. The van der Waals surface area contributed by atoms with Crippen molar-refractivity contribution in [1.82, 2.24) is 0 Å². The van der Waals surface area contributed by atoms with E-state index in [1.807, 2.05) is 18.2 Å². The van der Waals surface area contributed by atoms with Gasteiger partial charge in [-0.25, -0.2) is 0 Å². The van der Waals surface area contributed by atoms with Crippen molar-refractivity contribution in [2.45, 2.75) is 19.3 Å². The Bertz CT molecular complexity index is 608. The number of rotatable bonds is 3. The van der Waals surface area contributed by atoms with E-state index in [0.29, 0.717) is 5.69 Å². The highest BCUT2D eigenvalue weighted by atomic mass is 16.5. The van der Waals surface area contributed by atoms with Gasteiger partial charge in [0.2, 0.25) is 0 Å². The first-order chi connectivity index (χ1) is 9.24. The lowest BCUT2D eigenvalue weighted by Crippen LogP contribution is -1.95. The van der Waals surface area contributed by atoms with E-state index < -0.39 is 0 Å². The lowest BCUT2D eigenvalue weighted by molar-refractivity contribution is 0.415. The number of nitrogen functional groups attached to an aromatic ring is 1. The molecule has 2 aromatic carbocycles. The van der Waals surface area contributed by atoms with Gasteiger partial charge in [0.25, 0.3) is 0 Å². The molecular weight excluding hydrogens is 236 g/mol. The molecule has 0 atom stereocenters. The summed E-state index contributed by atoms with van der Waals surface area (Å²) in [5.41, 5.74) is 11.6. The first-order valence-corrected chi connectivity index (χ1v) is 6.58. The van der Waals surface area contributed by atoms with E-state index >= 15 is 0 Å². The molecule has 0 heterocycles. The Labute approximate surface area is 113 Å². The summed E-state index contributed by atoms with van der Waals surface area (Å²) in [6.45, 7) is 0. The maximum Gasteiger partial charge on any atom is 0.122 e. The number of nitrogens with one attached hydrogen (secondary N) is 1. The summed E-state index contributed by atoms with van der Waals surface area (Å²) in [7, 11) is 1.65. The Hall–Kier alpha value is -2.16. The molecule has 0 amide bonds. The molecule has 0 saturated heterocycles. The minimum absolute atomic E-state index is 0.697. The summed E-state index contributed by atoms with van der Waals surface area (Å²) in [6.07, 6.45) is 3.66. The van der Waals surface area contributed by atoms with E-state index in [1.165, 1.54) is 30.4 Å². The second-order valence-electron chi connectivity index (χ2n) is 4.96. The highest BCUT2D eigenvalue weighted by molar-refractivity contribution is 5.67. The van der Waals surface area contributed by atoms with E-state index in [0.717, 1.165) is 17.1 Å². The van der Waals surface area contributed by atoms with Crippen LogP contribution in [-0.2, 0) is 12.8 Å². The molecule has 0 bridgehead atoms. The average molecular weight is 254 g/mol. The third-order valence-electron chi connectivity index (χ3n) is 3.55. The molecule has 3 rings (SSSR count). The van der Waals surface area contributed by atoms with Crippen LogP contribution in [0.5, 0.6) is 5.75 Å². The maximum atomic E-state index is 5.86. The Balaban J connectivity index is 1.86. The summed E-state index contributed by atoms with van der Waals surface area (Å²) in [5.74, 6) is 0.767. The number of nitrogens with two attached hydrogens (primary N) is 1. The molecule has 3 heteroatoms. The standard InChI is InChI=1S/C16H18N2O/c1-19-16-9-13(17)8-15(10-16)18-14-6-5-11-3-2-4-12(11)7-14/h5-10,18H,2-4,17H2,1H3. The van der Waals surface area contributed by atoms with Crippen LogP contribution in [0.4, 0.5) is 17.1 Å². The Morgan fingerprint density at radius 1 is 1.00 bits per heavy atom. The van der Waals surface area contributed by atoms with Crippen molar-refractivity contribution >= 4 is 17.1 Å². The third kappa shape index (κ3) is 2.50. The molecule has 3 N–H and O–H groups in total. The lowest BCUT2D eigenvalue weighted by Gasteiger charge is -2.11. The van der Waals surface area contributed by atoms with Crippen LogP contribution in [0.15, 0.2) is 36.4 Å². The van der Waals surface area contributed by atoms with Crippen molar-refractivity contribution in [3.05, 3.63) is 47.5 Å². The molecule has 1 aliphatic rings. The van der Waals surface area contributed by atoms with Crippen LogP contribution >= 0.6 is 0 Å². The van der Waals surface area contributed by atoms with Gasteiger partial charge in [-0.2, -0.15) is 0 Å². The molecule has 0 radical (unpaired) electrons. The zero-order valence-electron chi connectivity index (χ0n) is 11.1. The first-order valence-electron chi connectivity index (χ1n) is 6.58. The Morgan fingerprint density at radius 2 is 1.84 bits per heavy atom. The summed E-state index contributed by atoms with van der Waals surface area (Å²) in [4.78, 5) is 0. The van der Waals surface area contributed by atoms with Gasteiger partial charge in [0.15, 0.2) is 0 Å². The highest BCUT2D eigenvalue weighted by Crippen LogP contribution is 2.29. The number of fused-ring (bicyclic) bond motifs is 1. The zero-order valence-corrected chi connectivity index (χ0v) is 11.1. The fourth-order valence-corrected chi connectivity index (χ4v) is 2.63. The molecule has 0 fully saturated rings. The summed E-state index contributed by atoms with van der Waals surface area (Å²) >= 11 is 0. The fourth-order valence-electron chi connectivity index (χ4n) is 2.63. The molecule has 3 nitrogen and oxygen atoms in total. The molecule has 0 saturated carbocycles. The molecule has 0 aliphatic heterocycles. The van der Waals surface area contributed by atoms with Crippen molar-refractivity contribution < 1.29 is 4.74 Å². The average Bonchev–Trinajstić information content (AvgIpc) is 2.85. The number of anilines is 3. The summed E-state index contributed by atoms with van der Waals surface area (Å²) in [6, 6.07) is 12.2. The number of ether oxygens (including phenoxy) is 1.